The molecule has 4 aromatic rings. The first kappa shape index (κ1) is 23.1. The van der Waals surface area contributed by atoms with Gasteiger partial charge in [0.2, 0.25) is 5.43 Å². The number of aliphatic hydroxyl groups is 1. The van der Waals surface area contributed by atoms with Crippen molar-refractivity contribution in [3.8, 4) is 22.6 Å². The number of nitrogens with zero attached hydrogens (tertiary/aromatic N) is 1. The Balaban J connectivity index is 1.27. The topological polar surface area (TPSA) is 72.1 Å². The molecule has 35 heavy (non-hydrogen) atoms. The molecule has 5 rings (SSSR count). The number of fused-ring (bicyclic) bond motifs is 2. The van der Waals surface area contributed by atoms with E-state index in [1.54, 1.807) is 32.2 Å². The van der Waals surface area contributed by atoms with Crippen molar-refractivity contribution in [2.45, 2.75) is 26.0 Å². The summed E-state index contributed by atoms with van der Waals surface area (Å²) in [7, 11) is 1.61. The first-order valence-corrected chi connectivity index (χ1v) is 11.8. The van der Waals surface area contributed by atoms with Gasteiger partial charge in [-0.1, -0.05) is 36.4 Å². The summed E-state index contributed by atoms with van der Waals surface area (Å²) in [4.78, 5) is 15.5. The van der Waals surface area contributed by atoms with Crippen LogP contribution in [0.2, 0.25) is 0 Å². The van der Waals surface area contributed by atoms with Gasteiger partial charge in [0.25, 0.3) is 0 Å². The van der Waals surface area contributed by atoms with Crippen LogP contribution in [0, 0.1) is 6.92 Å². The minimum atomic E-state index is -0.623. The molecule has 0 saturated carbocycles. The Labute approximate surface area is 204 Å². The van der Waals surface area contributed by atoms with Gasteiger partial charge in [-0.2, -0.15) is 0 Å². The molecule has 1 aliphatic heterocycles. The summed E-state index contributed by atoms with van der Waals surface area (Å²) in [6, 6.07) is 21.0. The van der Waals surface area contributed by atoms with Crippen LogP contribution in [0.4, 0.5) is 0 Å². The van der Waals surface area contributed by atoms with Crippen molar-refractivity contribution in [1.82, 2.24) is 4.90 Å². The van der Waals surface area contributed by atoms with E-state index in [1.165, 1.54) is 11.1 Å². The summed E-state index contributed by atoms with van der Waals surface area (Å²) in [6.45, 7) is 4.25. The van der Waals surface area contributed by atoms with Crippen LogP contribution in [0.15, 0.2) is 75.9 Å². The second-order valence-corrected chi connectivity index (χ2v) is 8.97. The highest BCUT2D eigenvalue weighted by Crippen LogP contribution is 2.28. The predicted molar refractivity (Wildman–Crippen MR) is 136 cm³/mol. The van der Waals surface area contributed by atoms with E-state index in [9.17, 15) is 9.90 Å². The Morgan fingerprint density at radius 1 is 1.03 bits per heavy atom. The van der Waals surface area contributed by atoms with E-state index >= 15 is 0 Å². The fourth-order valence-electron chi connectivity index (χ4n) is 4.72. The van der Waals surface area contributed by atoms with Crippen molar-refractivity contribution in [1.29, 1.82) is 0 Å². The van der Waals surface area contributed by atoms with E-state index in [-0.39, 0.29) is 12.0 Å². The smallest absolute Gasteiger partial charge is 0.200 e. The van der Waals surface area contributed by atoms with E-state index < -0.39 is 6.10 Å². The van der Waals surface area contributed by atoms with E-state index in [4.69, 9.17) is 13.9 Å². The zero-order chi connectivity index (χ0) is 24.4. The number of aliphatic hydroxyl groups excluding tert-OH is 1. The third-order valence-electron chi connectivity index (χ3n) is 6.54. The first-order chi connectivity index (χ1) is 17.0. The van der Waals surface area contributed by atoms with Crippen LogP contribution >= 0.6 is 0 Å². The number of aryl methyl sites for hydroxylation is 1. The molecule has 0 bridgehead atoms. The number of ether oxygens (including phenoxy) is 2. The maximum Gasteiger partial charge on any atom is 0.200 e. The molecule has 0 radical (unpaired) electrons. The highest BCUT2D eigenvalue weighted by molar-refractivity contribution is 5.83. The van der Waals surface area contributed by atoms with E-state index in [0.717, 1.165) is 30.8 Å². The normalized spacial score (nSPS) is 14.5. The van der Waals surface area contributed by atoms with E-state index in [2.05, 4.69) is 29.2 Å². The summed E-state index contributed by atoms with van der Waals surface area (Å²) in [5.41, 5.74) is 4.39. The zero-order valence-corrected chi connectivity index (χ0v) is 20.0. The highest BCUT2D eigenvalue weighted by Gasteiger charge is 2.19. The Morgan fingerprint density at radius 3 is 2.54 bits per heavy atom. The van der Waals surface area contributed by atoms with Crippen LogP contribution in [0.25, 0.3) is 22.1 Å². The van der Waals surface area contributed by atoms with Crippen LogP contribution in [-0.4, -0.2) is 42.9 Å². The maximum absolute atomic E-state index is 13.2. The Hall–Kier alpha value is -3.61. The molecule has 0 aliphatic carbocycles. The monoisotopic (exact) mass is 471 g/mol. The second-order valence-electron chi connectivity index (χ2n) is 8.97. The predicted octanol–water partition coefficient (Wildman–Crippen LogP) is 4.58. The van der Waals surface area contributed by atoms with Crippen molar-refractivity contribution in [3.63, 3.8) is 0 Å². The van der Waals surface area contributed by atoms with Crippen molar-refractivity contribution in [3.05, 3.63) is 93.8 Å². The van der Waals surface area contributed by atoms with Crippen molar-refractivity contribution < 1.29 is 19.0 Å². The molecule has 1 N–H and O–H groups in total. The van der Waals surface area contributed by atoms with Crippen LogP contribution in [-0.2, 0) is 13.0 Å². The van der Waals surface area contributed by atoms with Gasteiger partial charge in [-0.05, 0) is 54.3 Å². The van der Waals surface area contributed by atoms with Gasteiger partial charge < -0.3 is 19.0 Å². The second kappa shape index (κ2) is 9.94. The fourth-order valence-corrected chi connectivity index (χ4v) is 4.72. The molecule has 1 aromatic heterocycles. The summed E-state index contributed by atoms with van der Waals surface area (Å²) in [5, 5.41) is 11.1. The number of rotatable bonds is 7. The lowest BCUT2D eigenvalue weighted by atomic mass is 10.00. The Morgan fingerprint density at radius 2 is 1.77 bits per heavy atom. The summed E-state index contributed by atoms with van der Waals surface area (Å²) < 4.78 is 17.1. The number of hydrogen-bond donors (Lipinski definition) is 1. The van der Waals surface area contributed by atoms with Gasteiger partial charge in [-0.25, -0.2) is 0 Å². The molecule has 1 aliphatic rings. The van der Waals surface area contributed by atoms with Gasteiger partial charge >= 0.3 is 0 Å². The zero-order valence-electron chi connectivity index (χ0n) is 20.0. The van der Waals surface area contributed by atoms with Crippen LogP contribution in [0.3, 0.4) is 0 Å². The van der Waals surface area contributed by atoms with Crippen LogP contribution < -0.4 is 14.9 Å². The van der Waals surface area contributed by atoms with E-state index in [1.807, 2.05) is 24.3 Å². The van der Waals surface area contributed by atoms with Gasteiger partial charge in [-0.3, -0.25) is 9.69 Å². The lowest BCUT2D eigenvalue weighted by Crippen LogP contribution is -2.38. The molecule has 2 heterocycles. The Bertz CT molecular complexity index is 1390. The van der Waals surface area contributed by atoms with Crippen molar-refractivity contribution in [2.24, 2.45) is 0 Å². The number of hydrogen-bond acceptors (Lipinski definition) is 6. The molecule has 1 unspecified atom stereocenters. The summed E-state index contributed by atoms with van der Waals surface area (Å²) in [6.07, 6.45) is 0.368. The molecule has 0 fully saturated rings. The lowest BCUT2D eigenvalue weighted by molar-refractivity contribution is 0.0638. The largest absolute Gasteiger partial charge is 0.497 e. The van der Waals surface area contributed by atoms with Gasteiger partial charge in [0.1, 0.15) is 35.6 Å². The first-order valence-electron chi connectivity index (χ1n) is 11.8. The number of methoxy groups -OCH3 is 1. The van der Waals surface area contributed by atoms with Crippen molar-refractivity contribution >= 4 is 11.0 Å². The minimum absolute atomic E-state index is 0.0918. The molecular weight excluding hydrogens is 442 g/mol. The molecular formula is C29H29NO5. The molecule has 3 aromatic carbocycles. The number of β-amino-alcohol motifs (C(OH)–C–C–N with tert-alkyl or cyclic N) is 1. The van der Waals surface area contributed by atoms with Gasteiger partial charge in [0, 0.05) is 25.7 Å². The quantitative estimate of drug-likeness (QED) is 0.426. The number of benzene rings is 3. The van der Waals surface area contributed by atoms with Gasteiger partial charge in [-0.15, -0.1) is 0 Å². The van der Waals surface area contributed by atoms with Gasteiger partial charge in [0.05, 0.1) is 18.1 Å². The molecule has 0 amide bonds. The molecule has 0 saturated heterocycles. The average Bonchev–Trinajstić information content (AvgIpc) is 2.87. The summed E-state index contributed by atoms with van der Waals surface area (Å²) in [5.74, 6) is 1.82. The van der Waals surface area contributed by atoms with Crippen LogP contribution in [0.5, 0.6) is 11.5 Å². The fraction of sp³-hybridized carbons (Fsp3) is 0.276. The third kappa shape index (κ3) is 4.94. The standard InChI is InChI=1S/C29H29NO5/c1-19-28(21-7-9-24(33-2)10-8-21)29(32)26-12-11-25(15-27(26)35-19)34-18-23(31)17-30-14-13-20-5-3-4-6-22(20)16-30/h3-12,15,23,31H,13-14,16-18H2,1-2H3. The third-order valence-corrected chi connectivity index (χ3v) is 6.54. The SMILES string of the molecule is COc1ccc(-c2c(C)oc3cc(OCC(O)CN4CCc5ccccc5C4)ccc3c2=O)cc1. The highest BCUT2D eigenvalue weighted by atomic mass is 16.5. The average molecular weight is 472 g/mol. The minimum Gasteiger partial charge on any atom is -0.497 e. The maximum atomic E-state index is 13.2. The van der Waals surface area contributed by atoms with Gasteiger partial charge in [0.15, 0.2) is 0 Å². The molecule has 1 atom stereocenters. The molecule has 6 nitrogen and oxygen atoms in total. The lowest BCUT2D eigenvalue weighted by Gasteiger charge is -2.30. The van der Waals surface area contributed by atoms with Crippen molar-refractivity contribution in [2.75, 3.05) is 26.8 Å². The van der Waals surface area contributed by atoms with Crippen LogP contribution in [0.1, 0.15) is 16.9 Å². The molecule has 180 valence electrons. The Kier molecular flexibility index (Phi) is 6.57. The molecule has 0 spiro atoms. The molecule has 6 heteroatoms. The van der Waals surface area contributed by atoms with E-state index in [0.29, 0.717) is 34.6 Å². The summed E-state index contributed by atoms with van der Waals surface area (Å²) >= 11 is 0.